The first-order chi connectivity index (χ1) is 12.0. The van der Waals surface area contributed by atoms with E-state index in [-0.39, 0.29) is 23.4 Å². The van der Waals surface area contributed by atoms with Crippen molar-refractivity contribution in [2.24, 2.45) is 0 Å². The summed E-state index contributed by atoms with van der Waals surface area (Å²) in [5.41, 5.74) is 3.01. The molecule has 0 unspecified atom stereocenters. The monoisotopic (exact) mass is 334 g/mol. The second-order valence-electron chi connectivity index (χ2n) is 5.78. The van der Waals surface area contributed by atoms with Gasteiger partial charge in [0.2, 0.25) is 0 Å². The zero-order valence-corrected chi connectivity index (χ0v) is 13.7. The molecule has 0 radical (unpaired) electrons. The number of esters is 1. The molecule has 3 aromatic carbocycles. The zero-order valence-electron chi connectivity index (χ0n) is 13.7. The molecule has 0 saturated heterocycles. The highest BCUT2D eigenvalue weighted by molar-refractivity contribution is 5.69. The van der Waals surface area contributed by atoms with Gasteiger partial charge in [-0.25, -0.2) is 0 Å². The zero-order chi connectivity index (χ0) is 17.8. The SMILES string of the molecule is CC(=O)Oc1ccc(C(c2ccc(O)cc2)c2ccc(O)cc2)cc1. The Morgan fingerprint density at radius 2 is 1.08 bits per heavy atom. The Hall–Kier alpha value is -3.27. The Morgan fingerprint density at radius 3 is 1.44 bits per heavy atom. The summed E-state index contributed by atoms with van der Waals surface area (Å²) in [6.45, 7) is 1.36. The molecule has 0 bridgehead atoms. The molecule has 0 fully saturated rings. The third-order valence-corrected chi connectivity index (χ3v) is 3.93. The molecule has 3 rings (SSSR count). The van der Waals surface area contributed by atoms with Crippen molar-refractivity contribution >= 4 is 5.97 Å². The number of carbonyl (C=O) groups is 1. The van der Waals surface area contributed by atoms with E-state index in [0.29, 0.717) is 5.75 Å². The number of rotatable bonds is 4. The number of phenolic OH excluding ortho intramolecular Hbond substituents is 2. The summed E-state index contributed by atoms with van der Waals surface area (Å²) in [6, 6.07) is 21.4. The van der Waals surface area contributed by atoms with Gasteiger partial charge in [0.05, 0.1) is 0 Å². The molecule has 4 heteroatoms. The van der Waals surface area contributed by atoms with Gasteiger partial charge >= 0.3 is 5.97 Å². The molecular weight excluding hydrogens is 316 g/mol. The van der Waals surface area contributed by atoms with Gasteiger partial charge in [0.1, 0.15) is 17.2 Å². The highest BCUT2D eigenvalue weighted by Gasteiger charge is 2.17. The number of aromatic hydroxyl groups is 2. The Balaban J connectivity index is 2.02. The molecule has 0 heterocycles. The second-order valence-corrected chi connectivity index (χ2v) is 5.78. The normalized spacial score (nSPS) is 10.6. The van der Waals surface area contributed by atoms with E-state index < -0.39 is 0 Å². The molecule has 0 aliphatic carbocycles. The predicted molar refractivity (Wildman–Crippen MR) is 94.9 cm³/mol. The lowest BCUT2D eigenvalue weighted by Gasteiger charge is -2.19. The van der Waals surface area contributed by atoms with Gasteiger partial charge in [0.15, 0.2) is 0 Å². The van der Waals surface area contributed by atoms with Crippen LogP contribution in [-0.4, -0.2) is 16.2 Å². The number of phenols is 2. The topological polar surface area (TPSA) is 66.8 Å². The van der Waals surface area contributed by atoms with Crippen LogP contribution in [0.2, 0.25) is 0 Å². The first-order valence-corrected chi connectivity index (χ1v) is 7.89. The van der Waals surface area contributed by atoms with Crippen LogP contribution in [0.5, 0.6) is 17.2 Å². The van der Waals surface area contributed by atoms with Crippen LogP contribution in [-0.2, 0) is 4.79 Å². The lowest BCUT2D eigenvalue weighted by molar-refractivity contribution is -0.131. The van der Waals surface area contributed by atoms with Crippen LogP contribution in [0.15, 0.2) is 72.8 Å². The van der Waals surface area contributed by atoms with Gasteiger partial charge in [-0.15, -0.1) is 0 Å². The van der Waals surface area contributed by atoms with Crippen molar-refractivity contribution in [3.05, 3.63) is 89.5 Å². The van der Waals surface area contributed by atoms with Crippen molar-refractivity contribution in [2.45, 2.75) is 12.8 Å². The molecule has 0 spiro atoms. The maximum Gasteiger partial charge on any atom is 0.308 e. The highest BCUT2D eigenvalue weighted by Crippen LogP contribution is 2.34. The summed E-state index contributed by atoms with van der Waals surface area (Å²) >= 11 is 0. The fourth-order valence-electron chi connectivity index (χ4n) is 2.81. The van der Waals surface area contributed by atoms with E-state index in [1.54, 1.807) is 36.4 Å². The van der Waals surface area contributed by atoms with E-state index in [1.165, 1.54) is 6.92 Å². The Labute approximate surface area is 146 Å². The predicted octanol–water partition coefficient (Wildman–Crippen LogP) is 4.20. The minimum atomic E-state index is -0.360. The summed E-state index contributed by atoms with van der Waals surface area (Å²) < 4.78 is 5.09. The Bertz CT molecular complexity index is 804. The number of ether oxygens (including phenoxy) is 1. The number of carbonyl (C=O) groups excluding carboxylic acids is 1. The van der Waals surface area contributed by atoms with Crippen molar-refractivity contribution in [2.75, 3.05) is 0 Å². The van der Waals surface area contributed by atoms with E-state index >= 15 is 0 Å². The third-order valence-electron chi connectivity index (χ3n) is 3.93. The number of hydrogen-bond acceptors (Lipinski definition) is 4. The number of benzene rings is 3. The molecule has 0 atom stereocenters. The summed E-state index contributed by atoms with van der Waals surface area (Å²) in [7, 11) is 0. The van der Waals surface area contributed by atoms with Crippen LogP contribution < -0.4 is 4.74 Å². The van der Waals surface area contributed by atoms with Crippen molar-refractivity contribution in [1.82, 2.24) is 0 Å². The first kappa shape index (κ1) is 16.6. The minimum Gasteiger partial charge on any atom is -0.508 e. The van der Waals surface area contributed by atoms with Crippen molar-refractivity contribution in [3.8, 4) is 17.2 Å². The molecule has 25 heavy (non-hydrogen) atoms. The van der Waals surface area contributed by atoms with Crippen LogP contribution in [0.25, 0.3) is 0 Å². The fraction of sp³-hybridized carbons (Fsp3) is 0.0952. The highest BCUT2D eigenvalue weighted by atomic mass is 16.5. The quantitative estimate of drug-likeness (QED) is 0.426. The molecule has 4 nitrogen and oxygen atoms in total. The number of hydrogen-bond donors (Lipinski definition) is 2. The van der Waals surface area contributed by atoms with Crippen molar-refractivity contribution in [1.29, 1.82) is 0 Å². The van der Waals surface area contributed by atoms with Crippen LogP contribution in [0, 0.1) is 0 Å². The largest absolute Gasteiger partial charge is 0.508 e. The molecule has 126 valence electrons. The maximum absolute atomic E-state index is 11.1. The molecule has 0 aromatic heterocycles. The Morgan fingerprint density at radius 1 is 0.720 bits per heavy atom. The van der Waals surface area contributed by atoms with E-state index in [2.05, 4.69) is 0 Å². The van der Waals surface area contributed by atoms with E-state index in [9.17, 15) is 15.0 Å². The lowest BCUT2D eigenvalue weighted by Crippen LogP contribution is -2.04. The van der Waals surface area contributed by atoms with Gasteiger partial charge in [-0.3, -0.25) is 4.79 Å². The van der Waals surface area contributed by atoms with E-state index in [1.807, 2.05) is 36.4 Å². The van der Waals surface area contributed by atoms with Gasteiger partial charge < -0.3 is 14.9 Å². The van der Waals surface area contributed by atoms with Crippen molar-refractivity contribution in [3.63, 3.8) is 0 Å². The smallest absolute Gasteiger partial charge is 0.308 e. The maximum atomic E-state index is 11.1. The average molecular weight is 334 g/mol. The first-order valence-electron chi connectivity index (χ1n) is 7.89. The standard InChI is InChI=1S/C21H18O4/c1-14(22)25-20-12-6-17(7-13-20)21(15-2-8-18(23)9-3-15)16-4-10-19(24)11-5-16/h2-13,21,23-24H,1H3. The molecular formula is C21H18O4. The lowest BCUT2D eigenvalue weighted by atomic mass is 9.85. The minimum absolute atomic E-state index is 0.0763. The van der Waals surface area contributed by atoms with Gasteiger partial charge in [-0.2, -0.15) is 0 Å². The van der Waals surface area contributed by atoms with Crippen LogP contribution >= 0.6 is 0 Å². The van der Waals surface area contributed by atoms with Crippen LogP contribution in [0.1, 0.15) is 29.5 Å². The van der Waals surface area contributed by atoms with Crippen LogP contribution in [0.3, 0.4) is 0 Å². The molecule has 0 saturated carbocycles. The van der Waals surface area contributed by atoms with Gasteiger partial charge in [-0.05, 0) is 53.1 Å². The molecule has 3 aromatic rings. The molecule has 0 aliphatic rings. The molecule has 0 aliphatic heterocycles. The fourth-order valence-corrected chi connectivity index (χ4v) is 2.81. The van der Waals surface area contributed by atoms with E-state index in [0.717, 1.165) is 16.7 Å². The molecule has 2 N–H and O–H groups in total. The molecule has 0 amide bonds. The van der Waals surface area contributed by atoms with Gasteiger partial charge in [-0.1, -0.05) is 36.4 Å². The summed E-state index contributed by atoms with van der Waals surface area (Å²) in [6.07, 6.45) is 0. The Kier molecular flexibility index (Phi) is 4.70. The summed E-state index contributed by atoms with van der Waals surface area (Å²) in [4.78, 5) is 11.1. The summed E-state index contributed by atoms with van der Waals surface area (Å²) in [5.74, 6) is 0.470. The average Bonchev–Trinajstić information content (AvgIpc) is 2.59. The van der Waals surface area contributed by atoms with Gasteiger partial charge in [0.25, 0.3) is 0 Å². The van der Waals surface area contributed by atoms with Crippen molar-refractivity contribution < 1.29 is 19.7 Å². The van der Waals surface area contributed by atoms with Crippen LogP contribution in [0.4, 0.5) is 0 Å². The van der Waals surface area contributed by atoms with Gasteiger partial charge in [0, 0.05) is 12.8 Å². The summed E-state index contributed by atoms with van der Waals surface area (Å²) in [5, 5.41) is 19.1. The van der Waals surface area contributed by atoms with E-state index in [4.69, 9.17) is 4.74 Å². The second kappa shape index (κ2) is 7.09. The third kappa shape index (κ3) is 3.98.